The summed E-state index contributed by atoms with van der Waals surface area (Å²) in [5, 5.41) is 6.27. The second-order valence-corrected chi connectivity index (χ2v) is 8.16. The van der Waals surface area contributed by atoms with Crippen LogP contribution in [0.4, 0.5) is 10.1 Å². The number of benzene rings is 2. The first-order valence-electron chi connectivity index (χ1n) is 10.9. The van der Waals surface area contributed by atoms with Gasteiger partial charge in [-0.05, 0) is 60.7 Å². The number of hydrogen-bond donors (Lipinski definition) is 2. The third-order valence-corrected chi connectivity index (χ3v) is 6.10. The summed E-state index contributed by atoms with van der Waals surface area (Å²) < 4.78 is 20.4. The minimum absolute atomic E-state index is 0.181. The second kappa shape index (κ2) is 9.47. The lowest BCUT2D eigenvalue weighted by atomic mass is 10.0. The molecule has 2 saturated heterocycles. The summed E-state index contributed by atoms with van der Waals surface area (Å²) in [6.07, 6.45) is 3.20. The average Bonchev–Trinajstić information content (AvgIpc) is 3.37. The number of halogens is 1. The van der Waals surface area contributed by atoms with Gasteiger partial charge in [0.25, 0.3) is 5.91 Å². The molecule has 2 aromatic rings. The van der Waals surface area contributed by atoms with E-state index in [1.165, 1.54) is 6.07 Å². The van der Waals surface area contributed by atoms with Crippen molar-refractivity contribution in [2.75, 3.05) is 31.1 Å². The van der Waals surface area contributed by atoms with E-state index < -0.39 is 0 Å². The Morgan fingerprint density at radius 1 is 1.23 bits per heavy atom. The van der Waals surface area contributed by atoms with Crippen LogP contribution >= 0.6 is 0 Å². The standard InChI is InChI=1S/C24H30FN3O2/c1-2-3-12-30-20-7-5-18(6-8-20)24(29)27-14-17-4-9-22(21(25)13-17)28-11-10-19-15-26-16-23(19)28/h4-9,13,19,23,26H,2-3,10-12,14-16H2,1H3,(H,27,29). The van der Waals surface area contributed by atoms with Gasteiger partial charge >= 0.3 is 0 Å². The molecule has 30 heavy (non-hydrogen) atoms. The quantitative estimate of drug-likeness (QED) is 0.650. The van der Waals surface area contributed by atoms with E-state index in [1.807, 2.05) is 12.1 Å². The summed E-state index contributed by atoms with van der Waals surface area (Å²) in [6, 6.07) is 12.8. The first-order valence-corrected chi connectivity index (χ1v) is 10.9. The van der Waals surface area contributed by atoms with Crippen molar-refractivity contribution in [1.29, 1.82) is 0 Å². The molecule has 4 rings (SSSR count). The van der Waals surface area contributed by atoms with Gasteiger partial charge in [-0.1, -0.05) is 19.4 Å². The van der Waals surface area contributed by atoms with Gasteiger partial charge in [0.15, 0.2) is 0 Å². The highest BCUT2D eigenvalue weighted by Gasteiger charge is 2.38. The van der Waals surface area contributed by atoms with Crippen molar-refractivity contribution in [2.24, 2.45) is 5.92 Å². The number of nitrogens with zero attached hydrogens (tertiary/aromatic N) is 1. The first kappa shape index (κ1) is 20.7. The number of amides is 1. The summed E-state index contributed by atoms with van der Waals surface area (Å²) in [7, 11) is 0. The molecule has 2 aliphatic rings. The normalized spacial score (nSPS) is 20.3. The Hall–Kier alpha value is -2.60. The number of hydrogen-bond acceptors (Lipinski definition) is 4. The van der Waals surface area contributed by atoms with Gasteiger partial charge in [0.05, 0.1) is 12.3 Å². The van der Waals surface area contributed by atoms with Crippen LogP contribution < -0.4 is 20.3 Å². The van der Waals surface area contributed by atoms with Crippen LogP contribution in [0.2, 0.25) is 0 Å². The van der Waals surface area contributed by atoms with Crippen molar-refractivity contribution >= 4 is 11.6 Å². The smallest absolute Gasteiger partial charge is 0.251 e. The third kappa shape index (κ3) is 4.59. The van der Waals surface area contributed by atoms with E-state index in [2.05, 4.69) is 22.5 Å². The van der Waals surface area contributed by atoms with Crippen LogP contribution in [0.15, 0.2) is 42.5 Å². The lowest BCUT2D eigenvalue weighted by Gasteiger charge is -2.26. The Balaban J connectivity index is 1.32. The highest BCUT2D eigenvalue weighted by molar-refractivity contribution is 5.94. The van der Waals surface area contributed by atoms with Crippen LogP contribution in [0.5, 0.6) is 5.75 Å². The molecular formula is C24H30FN3O2. The molecule has 1 amide bonds. The Morgan fingerprint density at radius 3 is 2.83 bits per heavy atom. The van der Waals surface area contributed by atoms with Gasteiger partial charge in [-0.15, -0.1) is 0 Å². The summed E-state index contributed by atoms with van der Waals surface area (Å²) >= 11 is 0. The maximum absolute atomic E-state index is 14.8. The summed E-state index contributed by atoms with van der Waals surface area (Å²) in [4.78, 5) is 14.6. The summed E-state index contributed by atoms with van der Waals surface area (Å²) in [5.74, 6) is 0.980. The molecule has 0 aliphatic carbocycles. The van der Waals surface area contributed by atoms with Gasteiger partial charge in [-0.2, -0.15) is 0 Å². The summed E-state index contributed by atoms with van der Waals surface area (Å²) in [5.41, 5.74) is 1.98. The fraction of sp³-hybridized carbons (Fsp3) is 0.458. The monoisotopic (exact) mass is 411 g/mol. The number of fused-ring (bicyclic) bond motifs is 1. The molecule has 2 unspecified atom stereocenters. The van der Waals surface area contributed by atoms with E-state index >= 15 is 0 Å². The predicted molar refractivity (Wildman–Crippen MR) is 117 cm³/mol. The first-order chi connectivity index (χ1) is 14.7. The van der Waals surface area contributed by atoms with Crippen LogP contribution in [0.3, 0.4) is 0 Å². The van der Waals surface area contributed by atoms with E-state index in [9.17, 15) is 9.18 Å². The van der Waals surface area contributed by atoms with Crippen molar-refractivity contribution in [1.82, 2.24) is 10.6 Å². The van der Waals surface area contributed by atoms with Crippen molar-refractivity contribution in [3.63, 3.8) is 0 Å². The molecule has 2 heterocycles. The molecule has 160 valence electrons. The second-order valence-electron chi connectivity index (χ2n) is 8.16. The molecular weight excluding hydrogens is 381 g/mol. The van der Waals surface area contributed by atoms with Gasteiger partial charge in [-0.3, -0.25) is 4.79 Å². The lowest BCUT2D eigenvalue weighted by Crippen LogP contribution is -2.34. The predicted octanol–water partition coefficient (Wildman–Crippen LogP) is 3.73. The van der Waals surface area contributed by atoms with E-state index in [0.717, 1.165) is 50.2 Å². The van der Waals surface area contributed by atoms with Crippen LogP contribution in [0.1, 0.15) is 42.1 Å². The number of ether oxygens (including phenoxy) is 1. The van der Waals surface area contributed by atoms with Crippen LogP contribution in [-0.2, 0) is 6.54 Å². The molecule has 0 saturated carbocycles. The molecule has 5 nitrogen and oxygen atoms in total. The minimum atomic E-state index is -0.220. The number of rotatable bonds is 8. The van der Waals surface area contributed by atoms with Crippen molar-refractivity contribution in [3.8, 4) is 5.75 Å². The average molecular weight is 412 g/mol. The maximum atomic E-state index is 14.8. The van der Waals surface area contributed by atoms with Gasteiger partial charge in [-0.25, -0.2) is 4.39 Å². The van der Waals surface area contributed by atoms with Gasteiger partial charge in [0.1, 0.15) is 11.6 Å². The van der Waals surface area contributed by atoms with E-state index in [0.29, 0.717) is 36.4 Å². The lowest BCUT2D eigenvalue weighted by molar-refractivity contribution is 0.0951. The Morgan fingerprint density at radius 2 is 2.07 bits per heavy atom. The molecule has 2 fully saturated rings. The molecule has 0 radical (unpaired) electrons. The fourth-order valence-corrected chi connectivity index (χ4v) is 4.36. The zero-order valence-corrected chi connectivity index (χ0v) is 17.5. The van der Waals surface area contributed by atoms with Gasteiger partial charge in [0.2, 0.25) is 0 Å². The molecule has 0 aromatic heterocycles. The van der Waals surface area contributed by atoms with Gasteiger partial charge < -0.3 is 20.3 Å². The fourth-order valence-electron chi connectivity index (χ4n) is 4.36. The Bertz CT molecular complexity index is 871. The Kier molecular flexibility index (Phi) is 6.53. The van der Waals surface area contributed by atoms with E-state index in [1.54, 1.807) is 24.3 Å². The number of anilines is 1. The number of carbonyl (C=O) groups excluding carboxylic acids is 1. The molecule has 2 atom stereocenters. The molecule has 2 aliphatic heterocycles. The zero-order valence-electron chi connectivity index (χ0n) is 17.5. The molecule has 0 spiro atoms. The molecule has 6 heteroatoms. The molecule has 2 N–H and O–H groups in total. The number of nitrogens with one attached hydrogen (secondary N) is 2. The van der Waals surface area contributed by atoms with Crippen molar-refractivity contribution in [2.45, 2.75) is 38.8 Å². The van der Waals surface area contributed by atoms with Crippen LogP contribution in [-0.4, -0.2) is 38.2 Å². The minimum Gasteiger partial charge on any atom is -0.494 e. The third-order valence-electron chi connectivity index (χ3n) is 6.10. The van der Waals surface area contributed by atoms with Crippen LogP contribution in [0.25, 0.3) is 0 Å². The summed E-state index contributed by atoms with van der Waals surface area (Å²) in [6.45, 7) is 5.94. The highest BCUT2D eigenvalue weighted by Crippen LogP contribution is 2.33. The van der Waals surface area contributed by atoms with Crippen molar-refractivity contribution in [3.05, 3.63) is 59.4 Å². The maximum Gasteiger partial charge on any atom is 0.251 e. The zero-order chi connectivity index (χ0) is 20.9. The Labute approximate surface area is 177 Å². The van der Waals surface area contributed by atoms with Crippen LogP contribution in [0, 0.1) is 11.7 Å². The number of unbranched alkanes of at least 4 members (excludes halogenated alkanes) is 1. The van der Waals surface area contributed by atoms with E-state index in [4.69, 9.17) is 4.74 Å². The molecule has 2 aromatic carbocycles. The SMILES string of the molecule is CCCCOc1ccc(C(=O)NCc2ccc(N3CCC4CNCC43)c(F)c2)cc1. The molecule has 0 bridgehead atoms. The largest absolute Gasteiger partial charge is 0.494 e. The number of carbonyl (C=O) groups is 1. The topological polar surface area (TPSA) is 53.6 Å². The van der Waals surface area contributed by atoms with E-state index in [-0.39, 0.29) is 11.7 Å². The van der Waals surface area contributed by atoms with Gasteiger partial charge in [0, 0.05) is 37.8 Å². The van der Waals surface area contributed by atoms with Crippen molar-refractivity contribution < 1.29 is 13.9 Å². The highest BCUT2D eigenvalue weighted by atomic mass is 19.1.